The Balaban J connectivity index is 2.58. The Morgan fingerprint density at radius 3 is 2.53 bits per heavy atom. The topological polar surface area (TPSA) is 18.5 Å². The van der Waals surface area contributed by atoms with Crippen LogP contribution in [0.4, 0.5) is 0 Å². The number of hydrogen-bond donors (Lipinski definition) is 0. The van der Waals surface area contributed by atoms with E-state index < -0.39 is 8.32 Å². The van der Waals surface area contributed by atoms with Crippen molar-refractivity contribution in [3.63, 3.8) is 0 Å². The second-order valence-corrected chi connectivity index (χ2v) is 11.3. The fourth-order valence-electron chi connectivity index (χ4n) is 1.81. The molecule has 1 aliphatic rings. The fourth-order valence-corrected chi connectivity index (χ4v) is 2.77. The molecule has 0 aromatic heterocycles. The maximum atomic E-state index is 6.26. The van der Waals surface area contributed by atoms with E-state index >= 15 is 0 Å². The highest BCUT2D eigenvalue weighted by Gasteiger charge is 2.37. The molecule has 0 saturated heterocycles. The van der Waals surface area contributed by atoms with Crippen LogP contribution in [0.15, 0.2) is 11.6 Å². The van der Waals surface area contributed by atoms with E-state index in [1.54, 1.807) is 7.11 Å². The minimum atomic E-state index is -1.63. The Kier molecular flexibility index (Phi) is 4.99. The molecule has 0 aromatic carbocycles. The lowest BCUT2D eigenvalue weighted by Crippen LogP contribution is -2.42. The van der Waals surface area contributed by atoms with Crippen LogP contribution in [-0.4, -0.2) is 28.1 Å². The smallest absolute Gasteiger partial charge is 0.192 e. The first-order valence-electron chi connectivity index (χ1n) is 6.63. The molecule has 0 spiro atoms. The molecule has 0 radical (unpaired) electrons. The van der Waals surface area contributed by atoms with Crippen molar-refractivity contribution in [1.82, 2.24) is 0 Å². The van der Waals surface area contributed by atoms with E-state index in [0.29, 0.717) is 0 Å². The Hall–Kier alpha value is -0.123. The van der Waals surface area contributed by atoms with Crippen molar-refractivity contribution < 1.29 is 9.16 Å². The van der Waals surface area contributed by atoms with E-state index in [1.165, 1.54) is 18.4 Å². The largest absolute Gasteiger partial charge is 0.413 e. The van der Waals surface area contributed by atoms with Gasteiger partial charge in [-0.05, 0) is 43.0 Å². The van der Waals surface area contributed by atoms with Crippen LogP contribution in [0.1, 0.15) is 40.0 Å². The molecule has 0 aromatic rings. The van der Waals surface area contributed by atoms with Crippen molar-refractivity contribution in [1.29, 1.82) is 0 Å². The normalized spacial score (nSPS) is 22.5. The summed E-state index contributed by atoms with van der Waals surface area (Å²) < 4.78 is 11.8. The van der Waals surface area contributed by atoms with Gasteiger partial charge in [-0.15, -0.1) is 0 Å². The summed E-state index contributed by atoms with van der Waals surface area (Å²) in [6, 6.07) is 0. The SMILES string of the molecule is COC1CCCC=C1CO[Si](C)(C)C(C)(C)C. The Morgan fingerprint density at radius 2 is 2.00 bits per heavy atom. The average molecular weight is 256 g/mol. The first-order valence-corrected chi connectivity index (χ1v) is 9.54. The lowest BCUT2D eigenvalue weighted by Gasteiger charge is -2.37. The zero-order valence-corrected chi connectivity index (χ0v) is 13.3. The summed E-state index contributed by atoms with van der Waals surface area (Å²) in [5.41, 5.74) is 1.35. The molecule has 1 atom stereocenters. The van der Waals surface area contributed by atoms with Gasteiger partial charge in [0.25, 0.3) is 0 Å². The van der Waals surface area contributed by atoms with Gasteiger partial charge in [-0.3, -0.25) is 0 Å². The zero-order chi connectivity index (χ0) is 13.1. The summed E-state index contributed by atoms with van der Waals surface area (Å²) in [4.78, 5) is 0. The molecule has 2 nitrogen and oxygen atoms in total. The third kappa shape index (κ3) is 3.93. The van der Waals surface area contributed by atoms with E-state index in [9.17, 15) is 0 Å². The fraction of sp³-hybridized carbons (Fsp3) is 0.857. The van der Waals surface area contributed by atoms with Crippen LogP contribution in [-0.2, 0) is 9.16 Å². The highest BCUT2D eigenvalue weighted by atomic mass is 28.4. The van der Waals surface area contributed by atoms with E-state index in [4.69, 9.17) is 9.16 Å². The summed E-state index contributed by atoms with van der Waals surface area (Å²) in [6.45, 7) is 12.2. The second kappa shape index (κ2) is 5.68. The maximum Gasteiger partial charge on any atom is 0.192 e. The second-order valence-electron chi connectivity index (χ2n) is 6.48. The molecule has 0 fully saturated rings. The number of rotatable bonds is 4. The van der Waals surface area contributed by atoms with Crippen molar-refractivity contribution >= 4 is 8.32 Å². The molecule has 1 aliphatic carbocycles. The van der Waals surface area contributed by atoms with Gasteiger partial charge < -0.3 is 9.16 Å². The van der Waals surface area contributed by atoms with Crippen molar-refractivity contribution in [2.45, 2.75) is 64.3 Å². The van der Waals surface area contributed by atoms with Gasteiger partial charge in [-0.1, -0.05) is 26.8 Å². The van der Waals surface area contributed by atoms with Crippen molar-refractivity contribution in [2.75, 3.05) is 13.7 Å². The molecule has 1 rings (SSSR count). The van der Waals surface area contributed by atoms with Crippen LogP contribution < -0.4 is 0 Å². The maximum absolute atomic E-state index is 6.26. The third-order valence-electron chi connectivity index (χ3n) is 4.18. The van der Waals surface area contributed by atoms with Gasteiger partial charge in [0.05, 0.1) is 12.7 Å². The Labute approximate surface area is 108 Å². The van der Waals surface area contributed by atoms with E-state index in [0.717, 1.165) is 13.0 Å². The van der Waals surface area contributed by atoms with Crippen LogP contribution >= 0.6 is 0 Å². The minimum absolute atomic E-state index is 0.283. The van der Waals surface area contributed by atoms with Crippen molar-refractivity contribution in [3.05, 3.63) is 11.6 Å². The molecule has 3 heteroatoms. The van der Waals surface area contributed by atoms with Gasteiger partial charge in [-0.25, -0.2) is 0 Å². The Bertz CT molecular complexity index is 276. The first-order chi connectivity index (χ1) is 7.78. The minimum Gasteiger partial charge on any atom is -0.413 e. The van der Waals surface area contributed by atoms with Crippen LogP contribution in [0.2, 0.25) is 18.1 Å². The molecule has 0 bridgehead atoms. The van der Waals surface area contributed by atoms with Crippen molar-refractivity contribution in [2.24, 2.45) is 0 Å². The molecule has 1 unspecified atom stereocenters. The predicted octanol–water partition coefficient (Wildman–Crippen LogP) is 4.13. The van der Waals surface area contributed by atoms with Gasteiger partial charge in [0.2, 0.25) is 0 Å². The van der Waals surface area contributed by atoms with Gasteiger partial charge in [0, 0.05) is 7.11 Å². The van der Waals surface area contributed by atoms with Crippen LogP contribution in [0, 0.1) is 0 Å². The molecule has 100 valence electrons. The number of methoxy groups -OCH3 is 1. The summed E-state index contributed by atoms with van der Waals surface area (Å²) in [5, 5.41) is 0.283. The van der Waals surface area contributed by atoms with E-state index in [1.807, 2.05) is 0 Å². The molecular weight excluding hydrogens is 228 g/mol. The summed E-state index contributed by atoms with van der Waals surface area (Å²) in [7, 11) is 0.174. The van der Waals surface area contributed by atoms with Gasteiger partial charge in [0.15, 0.2) is 8.32 Å². The predicted molar refractivity (Wildman–Crippen MR) is 75.9 cm³/mol. The molecule has 0 aliphatic heterocycles. The number of allylic oxidation sites excluding steroid dienone is 1. The zero-order valence-electron chi connectivity index (χ0n) is 12.3. The van der Waals surface area contributed by atoms with Crippen LogP contribution in [0.25, 0.3) is 0 Å². The van der Waals surface area contributed by atoms with E-state index in [-0.39, 0.29) is 11.1 Å². The Morgan fingerprint density at radius 1 is 1.35 bits per heavy atom. The van der Waals surface area contributed by atoms with Crippen LogP contribution in [0.3, 0.4) is 0 Å². The molecular formula is C14H28O2Si. The first kappa shape index (κ1) is 14.9. The van der Waals surface area contributed by atoms with Gasteiger partial charge >= 0.3 is 0 Å². The average Bonchev–Trinajstić information content (AvgIpc) is 2.25. The van der Waals surface area contributed by atoms with Gasteiger partial charge in [0.1, 0.15) is 0 Å². The number of ether oxygens (including phenoxy) is 1. The lowest BCUT2D eigenvalue weighted by atomic mass is 9.97. The molecule has 0 N–H and O–H groups in total. The van der Waals surface area contributed by atoms with Gasteiger partial charge in [-0.2, -0.15) is 0 Å². The van der Waals surface area contributed by atoms with Crippen molar-refractivity contribution in [3.8, 4) is 0 Å². The highest BCUT2D eigenvalue weighted by molar-refractivity contribution is 6.74. The van der Waals surface area contributed by atoms with E-state index in [2.05, 4.69) is 39.9 Å². The molecule has 0 amide bonds. The standard InChI is InChI=1S/C14H28O2Si/c1-14(2,3)17(5,6)16-11-12-9-7-8-10-13(12)15-4/h9,13H,7-8,10-11H2,1-6H3. The molecule has 17 heavy (non-hydrogen) atoms. The number of hydrogen-bond acceptors (Lipinski definition) is 2. The summed E-state index contributed by atoms with van der Waals surface area (Å²) in [6.07, 6.45) is 6.15. The lowest BCUT2D eigenvalue weighted by molar-refractivity contribution is 0.107. The van der Waals surface area contributed by atoms with Crippen LogP contribution in [0.5, 0.6) is 0 Å². The summed E-state index contributed by atoms with van der Waals surface area (Å²) >= 11 is 0. The summed E-state index contributed by atoms with van der Waals surface area (Å²) in [5.74, 6) is 0. The quantitative estimate of drug-likeness (QED) is 0.556. The monoisotopic (exact) mass is 256 g/mol. The third-order valence-corrected chi connectivity index (χ3v) is 8.66. The molecule has 0 heterocycles. The molecule has 0 saturated carbocycles. The highest BCUT2D eigenvalue weighted by Crippen LogP contribution is 2.37.